The van der Waals surface area contributed by atoms with Crippen molar-refractivity contribution in [2.45, 2.75) is 33.3 Å². The topological polar surface area (TPSA) is 85.9 Å². The monoisotopic (exact) mass is 290 g/mol. The van der Waals surface area contributed by atoms with Crippen LogP contribution in [-0.2, 0) is 19.0 Å². The molecule has 0 radical (unpaired) electrons. The summed E-state index contributed by atoms with van der Waals surface area (Å²) >= 11 is 0. The number of carbonyl (C=O) groups excluding carboxylic acids is 2. The first-order chi connectivity index (χ1) is 9.31. The Balaban J connectivity index is 3.25. The summed E-state index contributed by atoms with van der Waals surface area (Å²) in [6.45, 7) is 9.51. The molecule has 0 saturated heterocycles. The minimum absolute atomic E-state index is 0.0712. The summed E-state index contributed by atoms with van der Waals surface area (Å²) in [4.78, 5) is 21.8. The number of carbonyl (C=O) groups is 2. The predicted octanol–water partition coefficient (Wildman–Crippen LogP) is 0.680. The highest BCUT2D eigenvalue weighted by molar-refractivity contribution is 5.72. The zero-order valence-corrected chi connectivity index (χ0v) is 12.8. The van der Waals surface area contributed by atoms with Gasteiger partial charge in [-0.15, -0.1) is 0 Å². The Morgan fingerprint density at radius 1 is 0.900 bits per heavy atom. The molecule has 0 heterocycles. The quantitative estimate of drug-likeness (QED) is 0.610. The predicted molar refractivity (Wildman–Crippen MR) is 74.6 cm³/mol. The molecular formula is C13H26N2O5. The molecule has 20 heavy (non-hydrogen) atoms. The van der Waals surface area contributed by atoms with E-state index in [9.17, 15) is 9.59 Å². The third-order valence-corrected chi connectivity index (χ3v) is 1.91. The SMILES string of the molecule is CC(=O)NCCOCCOCCNC(=O)OC(C)(C)C. The van der Waals surface area contributed by atoms with Gasteiger partial charge >= 0.3 is 6.09 Å². The Kier molecular flexibility index (Phi) is 9.75. The Morgan fingerprint density at radius 3 is 1.85 bits per heavy atom. The van der Waals surface area contributed by atoms with E-state index >= 15 is 0 Å². The van der Waals surface area contributed by atoms with Gasteiger partial charge in [-0.2, -0.15) is 0 Å². The van der Waals surface area contributed by atoms with Gasteiger partial charge in [0.2, 0.25) is 5.91 Å². The minimum Gasteiger partial charge on any atom is -0.444 e. The second-order valence-electron chi connectivity index (χ2n) is 5.14. The van der Waals surface area contributed by atoms with E-state index in [2.05, 4.69) is 10.6 Å². The number of rotatable bonds is 9. The largest absolute Gasteiger partial charge is 0.444 e. The molecule has 0 fully saturated rings. The second-order valence-corrected chi connectivity index (χ2v) is 5.14. The van der Waals surface area contributed by atoms with Crippen LogP contribution in [0.15, 0.2) is 0 Å². The molecule has 7 heteroatoms. The van der Waals surface area contributed by atoms with Gasteiger partial charge in [-0.05, 0) is 20.8 Å². The van der Waals surface area contributed by atoms with Crippen LogP contribution < -0.4 is 10.6 Å². The number of hydrogen-bond acceptors (Lipinski definition) is 5. The first-order valence-corrected chi connectivity index (χ1v) is 6.68. The highest BCUT2D eigenvalue weighted by Gasteiger charge is 2.15. The van der Waals surface area contributed by atoms with Gasteiger partial charge < -0.3 is 24.8 Å². The average molecular weight is 290 g/mol. The van der Waals surface area contributed by atoms with Gasteiger partial charge in [-0.1, -0.05) is 0 Å². The normalized spacial score (nSPS) is 11.0. The molecule has 2 amide bonds. The molecule has 0 rings (SSSR count). The lowest BCUT2D eigenvalue weighted by molar-refractivity contribution is -0.119. The van der Waals surface area contributed by atoms with E-state index in [4.69, 9.17) is 14.2 Å². The molecule has 0 atom stereocenters. The Labute approximate surface area is 120 Å². The van der Waals surface area contributed by atoms with E-state index in [1.165, 1.54) is 6.92 Å². The third-order valence-electron chi connectivity index (χ3n) is 1.91. The van der Waals surface area contributed by atoms with Crippen molar-refractivity contribution in [3.05, 3.63) is 0 Å². The van der Waals surface area contributed by atoms with E-state index in [1.54, 1.807) is 20.8 Å². The second kappa shape index (κ2) is 10.4. The summed E-state index contributed by atoms with van der Waals surface area (Å²) in [7, 11) is 0. The molecule has 0 aromatic rings. The molecule has 0 saturated carbocycles. The molecule has 0 aliphatic heterocycles. The number of nitrogens with one attached hydrogen (secondary N) is 2. The van der Waals surface area contributed by atoms with E-state index in [0.29, 0.717) is 39.5 Å². The summed E-state index contributed by atoms with van der Waals surface area (Å²) in [5, 5.41) is 5.21. The van der Waals surface area contributed by atoms with Crippen molar-refractivity contribution >= 4 is 12.0 Å². The van der Waals surface area contributed by atoms with Crippen LogP contribution >= 0.6 is 0 Å². The fraction of sp³-hybridized carbons (Fsp3) is 0.846. The molecule has 0 aliphatic rings. The number of alkyl carbamates (subject to hydrolysis) is 1. The highest BCUT2D eigenvalue weighted by atomic mass is 16.6. The first kappa shape index (κ1) is 18.7. The molecule has 2 N–H and O–H groups in total. The minimum atomic E-state index is -0.493. The van der Waals surface area contributed by atoms with E-state index in [1.807, 2.05) is 0 Å². The summed E-state index contributed by atoms with van der Waals surface area (Å²) in [5.41, 5.74) is -0.493. The summed E-state index contributed by atoms with van der Waals surface area (Å²) < 4.78 is 15.5. The van der Waals surface area contributed by atoms with Gasteiger partial charge in [0, 0.05) is 20.0 Å². The zero-order chi connectivity index (χ0) is 15.4. The summed E-state index contributed by atoms with van der Waals surface area (Å²) in [6.07, 6.45) is -0.451. The lowest BCUT2D eigenvalue weighted by Crippen LogP contribution is -2.34. The standard InChI is InChI=1S/C13H26N2O5/c1-11(16)14-5-7-18-9-10-19-8-6-15-12(17)20-13(2,3)4/h5-10H2,1-4H3,(H,14,16)(H,15,17). The summed E-state index contributed by atoms with van der Waals surface area (Å²) in [5.74, 6) is -0.0712. The molecule has 0 aromatic heterocycles. The van der Waals surface area contributed by atoms with Crippen molar-refractivity contribution < 1.29 is 23.8 Å². The van der Waals surface area contributed by atoms with Gasteiger partial charge in [-0.3, -0.25) is 4.79 Å². The fourth-order valence-electron chi connectivity index (χ4n) is 1.16. The van der Waals surface area contributed by atoms with Crippen LogP contribution in [0.2, 0.25) is 0 Å². The average Bonchev–Trinajstić information content (AvgIpc) is 2.28. The molecule has 0 spiro atoms. The van der Waals surface area contributed by atoms with E-state index in [0.717, 1.165) is 0 Å². The maximum Gasteiger partial charge on any atom is 0.407 e. The van der Waals surface area contributed by atoms with Crippen molar-refractivity contribution in [3.63, 3.8) is 0 Å². The van der Waals surface area contributed by atoms with Crippen LogP contribution in [0.25, 0.3) is 0 Å². The Bertz CT molecular complexity index is 289. The van der Waals surface area contributed by atoms with Crippen molar-refractivity contribution in [1.82, 2.24) is 10.6 Å². The van der Waals surface area contributed by atoms with Crippen LogP contribution in [-0.4, -0.2) is 57.1 Å². The van der Waals surface area contributed by atoms with Crippen LogP contribution in [0.4, 0.5) is 4.79 Å². The van der Waals surface area contributed by atoms with Crippen molar-refractivity contribution in [3.8, 4) is 0 Å². The molecule has 0 unspecified atom stereocenters. The fourth-order valence-corrected chi connectivity index (χ4v) is 1.16. The van der Waals surface area contributed by atoms with E-state index < -0.39 is 11.7 Å². The molecule has 0 aliphatic carbocycles. The van der Waals surface area contributed by atoms with Gasteiger partial charge in [-0.25, -0.2) is 4.79 Å². The van der Waals surface area contributed by atoms with E-state index in [-0.39, 0.29) is 5.91 Å². The van der Waals surface area contributed by atoms with Crippen LogP contribution in [0.1, 0.15) is 27.7 Å². The highest BCUT2D eigenvalue weighted by Crippen LogP contribution is 2.05. The zero-order valence-electron chi connectivity index (χ0n) is 12.8. The molecule has 7 nitrogen and oxygen atoms in total. The molecule has 118 valence electrons. The number of ether oxygens (including phenoxy) is 3. The lowest BCUT2D eigenvalue weighted by Gasteiger charge is -2.19. The van der Waals surface area contributed by atoms with Gasteiger partial charge in [0.1, 0.15) is 5.60 Å². The van der Waals surface area contributed by atoms with Crippen molar-refractivity contribution in [2.24, 2.45) is 0 Å². The number of amides is 2. The molecule has 0 bridgehead atoms. The maximum atomic E-state index is 11.3. The molecular weight excluding hydrogens is 264 g/mol. The van der Waals surface area contributed by atoms with Crippen LogP contribution in [0.3, 0.4) is 0 Å². The maximum absolute atomic E-state index is 11.3. The first-order valence-electron chi connectivity index (χ1n) is 6.68. The van der Waals surface area contributed by atoms with Crippen LogP contribution in [0, 0.1) is 0 Å². The Morgan fingerprint density at radius 2 is 1.40 bits per heavy atom. The van der Waals surface area contributed by atoms with Gasteiger partial charge in [0.25, 0.3) is 0 Å². The lowest BCUT2D eigenvalue weighted by atomic mass is 10.2. The summed E-state index contributed by atoms with van der Waals surface area (Å²) in [6, 6.07) is 0. The van der Waals surface area contributed by atoms with Gasteiger partial charge in [0.05, 0.1) is 26.4 Å². The smallest absolute Gasteiger partial charge is 0.407 e. The third kappa shape index (κ3) is 14.7. The van der Waals surface area contributed by atoms with Crippen molar-refractivity contribution in [2.75, 3.05) is 39.5 Å². The molecule has 0 aromatic carbocycles. The number of hydrogen-bond donors (Lipinski definition) is 2. The van der Waals surface area contributed by atoms with Gasteiger partial charge in [0.15, 0.2) is 0 Å². The van der Waals surface area contributed by atoms with Crippen molar-refractivity contribution in [1.29, 1.82) is 0 Å². The van der Waals surface area contributed by atoms with Crippen LogP contribution in [0.5, 0.6) is 0 Å². The Hall–Kier alpha value is -1.34.